The molecule has 122 valence electrons. The molecule has 0 radical (unpaired) electrons. The largest absolute Gasteiger partial charge is 0.481 e. The van der Waals surface area contributed by atoms with Crippen molar-refractivity contribution in [3.05, 3.63) is 58.3 Å². The van der Waals surface area contributed by atoms with Gasteiger partial charge in [-0.15, -0.1) is 0 Å². The molecule has 0 bridgehead atoms. The summed E-state index contributed by atoms with van der Waals surface area (Å²) < 4.78 is 19.5. The zero-order valence-electron chi connectivity index (χ0n) is 13.0. The zero-order chi connectivity index (χ0) is 16.8. The molecule has 0 aliphatic heterocycles. The van der Waals surface area contributed by atoms with Gasteiger partial charge in [0.25, 0.3) is 5.91 Å². The van der Waals surface area contributed by atoms with Crippen LogP contribution in [-0.4, -0.2) is 31.5 Å². The monoisotopic (exact) mass is 380 g/mol. The van der Waals surface area contributed by atoms with E-state index in [2.05, 4.69) is 21.2 Å². The normalized spacial score (nSPS) is 10.7. The molecule has 0 saturated carbocycles. The molecule has 0 aliphatic rings. The Kier molecular flexibility index (Phi) is 6.12. The van der Waals surface area contributed by atoms with E-state index >= 15 is 0 Å². The second-order valence-electron chi connectivity index (χ2n) is 5.31. The van der Waals surface area contributed by atoms with Gasteiger partial charge in [-0.3, -0.25) is 4.79 Å². The number of nitrogens with one attached hydrogen (secondary N) is 1. The highest BCUT2D eigenvalue weighted by atomic mass is 79.9. The van der Waals surface area contributed by atoms with Gasteiger partial charge in [-0.2, -0.15) is 0 Å². The van der Waals surface area contributed by atoms with Crippen molar-refractivity contribution in [2.75, 3.05) is 26.0 Å². The number of para-hydroxylation sites is 1. The molecule has 0 saturated heterocycles. The number of carbonyl (C=O) groups excluding carboxylic acids is 1. The molecule has 4 nitrogen and oxygen atoms in total. The fourth-order valence-corrected chi connectivity index (χ4v) is 2.38. The number of benzene rings is 2. The highest BCUT2D eigenvalue weighted by molar-refractivity contribution is 9.10. The van der Waals surface area contributed by atoms with Gasteiger partial charge in [0.2, 0.25) is 0 Å². The Hall–Kier alpha value is -1.92. The van der Waals surface area contributed by atoms with E-state index in [4.69, 9.17) is 4.74 Å². The summed E-state index contributed by atoms with van der Waals surface area (Å²) >= 11 is 3.17. The lowest BCUT2D eigenvalue weighted by molar-refractivity contribution is -0.118. The van der Waals surface area contributed by atoms with Crippen molar-refractivity contribution < 1.29 is 13.9 Å². The quantitative estimate of drug-likeness (QED) is 0.831. The Bertz CT molecular complexity index is 692. The van der Waals surface area contributed by atoms with Crippen LogP contribution in [-0.2, 0) is 11.3 Å². The summed E-state index contributed by atoms with van der Waals surface area (Å²) in [7, 11) is 3.91. The smallest absolute Gasteiger partial charge is 0.262 e. The predicted molar refractivity (Wildman–Crippen MR) is 92.1 cm³/mol. The number of nitrogens with zero attached hydrogens (tertiary/aromatic N) is 1. The van der Waals surface area contributed by atoms with Crippen molar-refractivity contribution in [3.8, 4) is 5.75 Å². The zero-order valence-corrected chi connectivity index (χ0v) is 14.6. The molecule has 2 aromatic rings. The van der Waals surface area contributed by atoms with Gasteiger partial charge in [-0.1, -0.05) is 34.1 Å². The van der Waals surface area contributed by atoms with Crippen LogP contribution in [0.4, 0.5) is 10.1 Å². The van der Waals surface area contributed by atoms with E-state index in [1.54, 1.807) is 6.07 Å². The van der Waals surface area contributed by atoms with Gasteiger partial charge in [0.1, 0.15) is 0 Å². The first-order chi connectivity index (χ1) is 11.0. The van der Waals surface area contributed by atoms with Gasteiger partial charge in [-0.05, 0) is 43.9 Å². The Morgan fingerprint density at radius 1 is 1.26 bits per heavy atom. The second-order valence-corrected chi connectivity index (χ2v) is 6.22. The first-order valence-corrected chi connectivity index (χ1v) is 7.85. The minimum Gasteiger partial charge on any atom is -0.481 e. The SMILES string of the molecule is CN(C)Cc1ccccc1NC(=O)COc1ccc(Br)cc1F. The van der Waals surface area contributed by atoms with Crippen LogP contribution < -0.4 is 10.1 Å². The maximum absolute atomic E-state index is 13.6. The lowest BCUT2D eigenvalue weighted by atomic mass is 10.1. The van der Waals surface area contributed by atoms with Crippen LogP contribution >= 0.6 is 15.9 Å². The van der Waals surface area contributed by atoms with Gasteiger partial charge >= 0.3 is 0 Å². The molecule has 2 aromatic carbocycles. The average molecular weight is 381 g/mol. The van der Waals surface area contributed by atoms with E-state index in [1.807, 2.05) is 43.3 Å². The molecule has 0 aliphatic carbocycles. The third-order valence-corrected chi connectivity index (χ3v) is 3.52. The topological polar surface area (TPSA) is 41.6 Å². The molecule has 6 heteroatoms. The fourth-order valence-electron chi connectivity index (χ4n) is 2.04. The first-order valence-electron chi connectivity index (χ1n) is 7.06. The Labute approximate surface area is 143 Å². The van der Waals surface area contributed by atoms with Crippen LogP contribution in [0, 0.1) is 5.82 Å². The van der Waals surface area contributed by atoms with Gasteiger partial charge in [-0.25, -0.2) is 4.39 Å². The molecule has 0 aromatic heterocycles. The summed E-state index contributed by atoms with van der Waals surface area (Å²) in [5.74, 6) is -0.802. The van der Waals surface area contributed by atoms with Crippen molar-refractivity contribution >= 4 is 27.5 Å². The van der Waals surface area contributed by atoms with Crippen molar-refractivity contribution in [2.24, 2.45) is 0 Å². The summed E-state index contributed by atoms with van der Waals surface area (Å²) in [4.78, 5) is 14.0. The third kappa shape index (κ3) is 5.33. The highest BCUT2D eigenvalue weighted by Gasteiger charge is 2.10. The van der Waals surface area contributed by atoms with Crippen LogP contribution in [0.5, 0.6) is 5.75 Å². The maximum atomic E-state index is 13.6. The van der Waals surface area contributed by atoms with Crippen LogP contribution in [0.3, 0.4) is 0 Å². The molecule has 1 amide bonds. The summed E-state index contributed by atoms with van der Waals surface area (Å²) in [6, 6.07) is 12.0. The van der Waals surface area contributed by atoms with E-state index in [-0.39, 0.29) is 18.3 Å². The molecule has 1 N–H and O–H groups in total. The summed E-state index contributed by atoms with van der Waals surface area (Å²) in [6.45, 7) is 0.452. The van der Waals surface area contributed by atoms with Gasteiger partial charge in [0.15, 0.2) is 18.2 Å². The Morgan fingerprint density at radius 2 is 2.00 bits per heavy atom. The van der Waals surface area contributed by atoms with E-state index in [9.17, 15) is 9.18 Å². The molecule has 0 heterocycles. The predicted octanol–water partition coefficient (Wildman–Crippen LogP) is 3.67. The number of halogens is 2. The number of amides is 1. The Balaban J connectivity index is 1.97. The molecule has 0 atom stereocenters. The number of hydrogen-bond donors (Lipinski definition) is 1. The lowest BCUT2D eigenvalue weighted by Crippen LogP contribution is -2.22. The van der Waals surface area contributed by atoms with Crippen LogP contribution in [0.2, 0.25) is 0 Å². The Morgan fingerprint density at radius 3 is 2.70 bits per heavy atom. The van der Waals surface area contributed by atoms with Crippen molar-refractivity contribution in [1.82, 2.24) is 4.90 Å². The average Bonchev–Trinajstić information content (AvgIpc) is 2.48. The van der Waals surface area contributed by atoms with Gasteiger partial charge in [0, 0.05) is 16.7 Å². The van der Waals surface area contributed by atoms with Gasteiger partial charge in [0.05, 0.1) is 0 Å². The van der Waals surface area contributed by atoms with Crippen molar-refractivity contribution in [1.29, 1.82) is 0 Å². The van der Waals surface area contributed by atoms with Crippen LogP contribution in [0.15, 0.2) is 46.9 Å². The molecule has 0 unspecified atom stereocenters. The minimum atomic E-state index is -0.514. The summed E-state index contributed by atoms with van der Waals surface area (Å²) in [5, 5.41) is 2.79. The number of carbonyl (C=O) groups is 1. The highest BCUT2D eigenvalue weighted by Crippen LogP contribution is 2.21. The van der Waals surface area contributed by atoms with E-state index in [0.717, 1.165) is 11.3 Å². The molecule has 0 spiro atoms. The van der Waals surface area contributed by atoms with Crippen LogP contribution in [0.25, 0.3) is 0 Å². The molecular formula is C17H18BrFN2O2. The third-order valence-electron chi connectivity index (χ3n) is 3.03. The second kappa shape index (κ2) is 8.08. The number of ether oxygens (including phenoxy) is 1. The summed E-state index contributed by atoms with van der Waals surface area (Å²) in [5.41, 5.74) is 1.73. The van der Waals surface area contributed by atoms with E-state index in [0.29, 0.717) is 11.0 Å². The number of hydrogen-bond acceptors (Lipinski definition) is 3. The van der Waals surface area contributed by atoms with Crippen LogP contribution in [0.1, 0.15) is 5.56 Å². The molecule has 2 rings (SSSR count). The minimum absolute atomic E-state index is 0.0462. The fraction of sp³-hybridized carbons (Fsp3) is 0.235. The van der Waals surface area contributed by atoms with Gasteiger partial charge < -0.3 is 15.0 Å². The maximum Gasteiger partial charge on any atom is 0.262 e. The standard InChI is InChI=1S/C17H18BrFN2O2/c1-21(2)10-12-5-3-4-6-15(12)20-17(22)11-23-16-8-7-13(18)9-14(16)19/h3-9H,10-11H2,1-2H3,(H,20,22). The summed E-state index contributed by atoms with van der Waals surface area (Å²) in [6.07, 6.45) is 0. The molecular weight excluding hydrogens is 363 g/mol. The van der Waals surface area contributed by atoms with Crippen molar-refractivity contribution in [3.63, 3.8) is 0 Å². The molecule has 0 fully saturated rings. The lowest BCUT2D eigenvalue weighted by Gasteiger charge is -2.15. The first kappa shape index (κ1) is 17.4. The number of rotatable bonds is 6. The molecule has 23 heavy (non-hydrogen) atoms. The van der Waals surface area contributed by atoms with E-state index < -0.39 is 5.82 Å². The number of anilines is 1. The van der Waals surface area contributed by atoms with E-state index in [1.165, 1.54) is 12.1 Å². The van der Waals surface area contributed by atoms with Crippen molar-refractivity contribution in [2.45, 2.75) is 6.54 Å².